The van der Waals surface area contributed by atoms with Crippen LogP contribution in [0, 0.1) is 11.3 Å². The van der Waals surface area contributed by atoms with E-state index in [-0.39, 0.29) is 0 Å². The fourth-order valence-corrected chi connectivity index (χ4v) is 1.71. The summed E-state index contributed by atoms with van der Waals surface area (Å²) in [6, 6.07) is 0. The molecule has 64 valence electrons. The molecule has 0 heterocycles. The molecule has 1 unspecified atom stereocenters. The summed E-state index contributed by atoms with van der Waals surface area (Å²) in [4.78, 5) is 0. The Morgan fingerprint density at radius 1 is 1.55 bits per heavy atom. The molecular weight excluding hydrogens is 134 g/mol. The molecule has 1 rings (SSSR count). The molecule has 2 N–H and O–H groups in total. The number of nitrogens with two attached hydrogens (primary N) is 1. The quantitative estimate of drug-likeness (QED) is 0.615. The highest BCUT2D eigenvalue weighted by Gasteiger charge is 2.30. The lowest BCUT2D eigenvalue weighted by Gasteiger charge is -2.36. The minimum absolute atomic E-state index is 0.457. The Bertz CT molecular complexity index is 170. The largest absolute Gasteiger partial charge is 0.402 e. The fourth-order valence-electron chi connectivity index (χ4n) is 1.71. The van der Waals surface area contributed by atoms with Gasteiger partial charge < -0.3 is 5.73 Å². The molecule has 0 spiro atoms. The second-order valence-electron chi connectivity index (χ2n) is 4.30. The predicted octanol–water partition coefficient (Wildman–Crippen LogP) is 2.68. The summed E-state index contributed by atoms with van der Waals surface area (Å²) >= 11 is 0. The Morgan fingerprint density at radius 3 is 2.55 bits per heavy atom. The van der Waals surface area contributed by atoms with E-state index in [2.05, 4.69) is 26.8 Å². The van der Waals surface area contributed by atoms with Crippen molar-refractivity contribution in [2.45, 2.75) is 40.0 Å². The Hall–Kier alpha value is -0.460. The van der Waals surface area contributed by atoms with Crippen LogP contribution in [0.1, 0.15) is 40.0 Å². The van der Waals surface area contributed by atoms with Crippen molar-refractivity contribution in [2.24, 2.45) is 17.1 Å². The highest BCUT2D eigenvalue weighted by Crippen LogP contribution is 2.40. The molecule has 1 atom stereocenters. The molecule has 0 saturated heterocycles. The zero-order valence-corrected chi connectivity index (χ0v) is 7.85. The van der Waals surface area contributed by atoms with E-state index in [4.69, 9.17) is 5.73 Å². The van der Waals surface area contributed by atoms with Gasteiger partial charge in [0.25, 0.3) is 0 Å². The number of allylic oxidation sites excluding steroid dienone is 2. The van der Waals surface area contributed by atoms with Gasteiger partial charge in [-0.2, -0.15) is 0 Å². The summed E-state index contributed by atoms with van der Waals surface area (Å²) < 4.78 is 0. The first-order chi connectivity index (χ1) is 5.04. The molecule has 0 radical (unpaired) electrons. The highest BCUT2D eigenvalue weighted by atomic mass is 14.6. The van der Waals surface area contributed by atoms with Gasteiger partial charge in [-0.25, -0.2) is 0 Å². The zero-order valence-electron chi connectivity index (χ0n) is 7.85. The van der Waals surface area contributed by atoms with Gasteiger partial charge in [0.05, 0.1) is 0 Å². The van der Waals surface area contributed by atoms with Crippen LogP contribution in [0.4, 0.5) is 0 Å². The SMILES string of the molecule is CC(C)C1(C)CCC=C(N)C1. The molecule has 1 heteroatoms. The van der Waals surface area contributed by atoms with Crippen LogP contribution in [0.15, 0.2) is 11.8 Å². The van der Waals surface area contributed by atoms with Crippen LogP contribution in [0.3, 0.4) is 0 Å². The van der Waals surface area contributed by atoms with Crippen molar-refractivity contribution >= 4 is 0 Å². The molecule has 11 heavy (non-hydrogen) atoms. The van der Waals surface area contributed by atoms with Gasteiger partial charge in [-0.3, -0.25) is 0 Å². The minimum atomic E-state index is 0.457. The van der Waals surface area contributed by atoms with Gasteiger partial charge in [0, 0.05) is 5.70 Å². The zero-order chi connectivity index (χ0) is 8.48. The van der Waals surface area contributed by atoms with E-state index in [1.165, 1.54) is 12.8 Å². The van der Waals surface area contributed by atoms with E-state index < -0.39 is 0 Å². The first-order valence-electron chi connectivity index (χ1n) is 4.49. The van der Waals surface area contributed by atoms with Gasteiger partial charge in [-0.05, 0) is 30.6 Å². The van der Waals surface area contributed by atoms with Gasteiger partial charge >= 0.3 is 0 Å². The Kier molecular flexibility index (Phi) is 2.26. The van der Waals surface area contributed by atoms with Crippen molar-refractivity contribution < 1.29 is 0 Å². The molecule has 1 aliphatic rings. The second-order valence-corrected chi connectivity index (χ2v) is 4.30. The number of hydrogen-bond donors (Lipinski definition) is 1. The third kappa shape index (κ3) is 1.76. The summed E-state index contributed by atoms with van der Waals surface area (Å²) in [5.41, 5.74) is 7.36. The topological polar surface area (TPSA) is 26.0 Å². The normalized spacial score (nSPS) is 32.2. The first-order valence-corrected chi connectivity index (χ1v) is 4.49. The van der Waals surface area contributed by atoms with Gasteiger partial charge in [0.15, 0.2) is 0 Å². The third-order valence-electron chi connectivity index (χ3n) is 3.12. The van der Waals surface area contributed by atoms with E-state index in [1.54, 1.807) is 0 Å². The molecule has 0 aromatic rings. The average Bonchev–Trinajstić information content (AvgIpc) is 1.86. The van der Waals surface area contributed by atoms with Gasteiger partial charge in [0.2, 0.25) is 0 Å². The molecule has 0 saturated carbocycles. The lowest BCUT2D eigenvalue weighted by atomic mass is 9.70. The molecule has 1 nitrogen and oxygen atoms in total. The second kappa shape index (κ2) is 2.88. The van der Waals surface area contributed by atoms with Crippen molar-refractivity contribution in [3.05, 3.63) is 11.8 Å². The van der Waals surface area contributed by atoms with E-state index >= 15 is 0 Å². The van der Waals surface area contributed by atoms with Crippen LogP contribution < -0.4 is 5.73 Å². The molecule has 0 fully saturated rings. The van der Waals surface area contributed by atoms with Crippen LogP contribution in [0.25, 0.3) is 0 Å². The molecule has 0 amide bonds. The average molecular weight is 153 g/mol. The maximum Gasteiger partial charge on any atom is 0.00455 e. The molecule has 0 bridgehead atoms. The van der Waals surface area contributed by atoms with Gasteiger partial charge in [-0.15, -0.1) is 0 Å². The standard InChI is InChI=1S/C10H19N/c1-8(2)10(3)6-4-5-9(11)7-10/h5,8H,4,6-7,11H2,1-3H3. The van der Waals surface area contributed by atoms with Crippen LogP contribution >= 0.6 is 0 Å². The molecule has 0 aromatic heterocycles. The fraction of sp³-hybridized carbons (Fsp3) is 0.800. The van der Waals surface area contributed by atoms with Gasteiger partial charge in [0.1, 0.15) is 0 Å². The summed E-state index contributed by atoms with van der Waals surface area (Å²) in [5.74, 6) is 0.745. The van der Waals surface area contributed by atoms with Crippen molar-refractivity contribution in [3.63, 3.8) is 0 Å². The lowest BCUT2D eigenvalue weighted by Crippen LogP contribution is -2.28. The Morgan fingerprint density at radius 2 is 2.18 bits per heavy atom. The summed E-state index contributed by atoms with van der Waals surface area (Å²) in [7, 11) is 0. The first kappa shape index (κ1) is 8.63. The van der Waals surface area contributed by atoms with Gasteiger partial charge in [-0.1, -0.05) is 26.8 Å². The Balaban J connectivity index is 2.68. The van der Waals surface area contributed by atoms with Crippen LogP contribution in [-0.4, -0.2) is 0 Å². The molecule has 0 aromatic carbocycles. The van der Waals surface area contributed by atoms with Crippen LogP contribution in [-0.2, 0) is 0 Å². The van der Waals surface area contributed by atoms with Crippen LogP contribution in [0.2, 0.25) is 0 Å². The third-order valence-corrected chi connectivity index (χ3v) is 3.12. The van der Waals surface area contributed by atoms with Crippen molar-refractivity contribution in [1.82, 2.24) is 0 Å². The number of rotatable bonds is 1. The maximum absolute atomic E-state index is 5.81. The summed E-state index contributed by atoms with van der Waals surface area (Å²) in [6.45, 7) is 6.93. The summed E-state index contributed by atoms with van der Waals surface area (Å²) in [6.07, 6.45) is 5.72. The smallest absolute Gasteiger partial charge is 0.00455 e. The van der Waals surface area contributed by atoms with E-state index in [0.29, 0.717) is 5.41 Å². The monoisotopic (exact) mass is 153 g/mol. The van der Waals surface area contributed by atoms with E-state index in [1.807, 2.05) is 0 Å². The molecule has 0 aliphatic heterocycles. The summed E-state index contributed by atoms with van der Waals surface area (Å²) in [5, 5.41) is 0. The van der Waals surface area contributed by atoms with Crippen molar-refractivity contribution in [2.75, 3.05) is 0 Å². The Labute approximate surface area is 69.7 Å². The minimum Gasteiger partial charge on any atom is -0.402 e. The van der Waals surface area contributed by atoms with Crippen LogP contribution in [0.5, 0.6) is 0 Å². The van der Waals surface area contributed by atoms with Crippen molar-refractivity contribution in [3.8, 4) is 0 Å². The highest BCUT2D eigenvalue weighted by molar-refractivity contribution is 5.06. The number of hydrogen-bond acceptors (Lipinski definition) is 1. The van der Waals surface area contributed by atoms with E-state index in [9.17, 15) is 0 Å². The molecule has 1 aliphatic carbocycles. The maximum atomic E-state index is 5.81. The van der Waals surface area contributed by atoms with Crippen molar-refractivity contribution in [1.29, 1.82) is 0 Å². The lowest BCUT2D eigenvalue weighted by molar-refractivity contribution is 0.189. The predicted molar refractivity (Wildman–Crippen MR) is 49.1 cm³/mol. The van der Waals surface area contributed by atoms with E-state index in [0.717, 1.165) is 18.0 Å². The molecular formula is C10H19N.